The van der Waals surface area contributed by atoms with Crippen molar-refractivity contribution in [1.29, 1.82) is 0 Å². The van der Waals surface area contributed by atoms with E-state index in [0.717, 1.165) is 5.56 Å². The van der Waals surface area contributed by atoms with Gasteiger partial charge < -0.3 is 4.74 Å². The Kier molecular flexibility index (Phi) is 4.65. The predicted octanol–water partition coefficient (Wildman–Crippen LogP) is 2.32. The van der Waals surface area contributed by atoms with Crippen LogP contribution in [0, 0.1) is 13.8 Å². The maximum absolute atomic E-state index is 12.8. The fourth-order valence-electron chi connectivity index (χ4n) is 2.00. The van der Waals surface area contributed by atoms with Crippen LogP contribution in [0.5, 0.6) is 5.88 Å². The minimum absolute atomic E-state index is 0.111. The second kappa shape index (κ2) is 6.31. The lowest BCUT2D eigenvalue weighted by Gasteiger charge is -2.21. The third-order valence-electron chi connectivity index (χ3n) is 3.15. The molecule has 0 saturated heterocycles. The second-order valence-corrected chi connectivity index (χ2v) is 6.70. The van der Waals surface area contributed by atoms with Gasteiger partial charge in [-0.25, -0.2) is 17.7 Å². The minimum Gasteiger partial charge on any atom is -0.481 e. The molecular formula is C15H19N3O3S. The number of benzene rings is 1. The van der Waals surface area contributed by atoms with Crippen molar-refractivity contribution in [3.63, 3.8) is 0 Å². The fourth-order valence-corrected chi connectivity index (χ4v) is 3.37. The Morgan fingerprint density at radius 2 is 1.77 bits per heavy atom. The predicted molar refractivity (Wildman–Crippen MR) is 84.7 cm³/mol. The molecule has 1 aromatic carbocycles. The maximum atomic E-state index is 12.8. The molecule has 118 valence electrons. The summed E-state index contributed by atoms with van der Waals surface area (Å²) < 4.78 is 31.8. The highest BCUT2D eigenvalue weighted by atomic mass is 32.2. The minimum atomic E-state index is -3.71. The van der Waals surface area contributed by atoms with Crippen LogP contribution in [0.3, 0.4) is 0 Å². The van der Waals surface area contributed by atoms with Gasteiger partial charge in [-0.15, -0.1) is 0 Å². The molecule has 0 spiro atoms. The molecule has 22 heavy (non-hydrogen) atoms. The molecule has 0 aliphatic heterocycles. The number of methoxy groups -OCH3 is 1. The van der Waals surface area contributed by atoms with Gasteiger partial charge in [0.15, 0.2) is 0 Å². The molecule has 0 aliphatic carbocycles. The zero-order chi connectivity index (χ0) is 16.3. The van der Waals surface area contributed by atoms with E-state index >= 15 is 0 Å². The van der Waals surface area contributed by atoms with Crippen molar-refractivity contribution in [2.75, 3.05) is 18.0 Å². The number of aromatic nitrogens is 2. The van der Waals surface area contributed by atoms with Gasteiger partial charge in [-0.1, -0.05) is 17.7 Å². The van der Waals surface area contributed by atoms with Crippen LogP contribution >= 0.6 is 0 Å². The SMILES string of the molecule is CCN(c1nc(C)cc(OC)n1)S(=O)(=O)c1ccc(C)cc1. The van der Waals surface area contributed by atoms with Gasteiger partial charge in [-0.3, -0.25) is 0 Å². The number of hydrogen-bond donors (Lipinski definition) is 0. The highest BCUT2D eigenvalue weighted by Crippen LogP contribution is 2.23. The maximum Gasteiger partial charge on any atom is 0.266 e. The van der Waals surface area contributed by atoms with E-state index in [1.165, 1.54) is 11.4 Å². The fraction of sp³-hybridized carbons (Fsp3) is 0.333. The van der Waals surface area contributed by atoms with Crippen molar-refractivity contribution in [2.45, 2.75) is 25.7 Å². The Labute approximate surface area is 130 Å². The Bertz CT molecular complexity index is 758. The first-order chi connectivity index (χ1) is 10.4. The Balaban J connectivity index is 2.51. The van der Waals surface area contributed by atoms with E-state index < -0.39 is 10.0 Å². The molecule has 0 unspecified atom stereocenters. The zero-order valence-corrected chi connectivity index (χ0v) is 13.9. The number of sulfonamides is 1. The number of anilines is 1. The molecule has 0 N–H and O–H groups in total. The van der Waals surface area contributed by atoms with Crippen LogP contribution in [0.15, 0.2) is 35.2 Å². The zero-order valence-electron chi connectivity index (χ0n) is 13.1. The lowest BCUT2D eigenvalue weighted by molar-refractivity contribution is 0.396. The molecule has 0 fully saturated rings. The van der Waals surface area contributed by atoms with Crippen LogP contribution in [-0.4, -0.2) is 32.0 Å². The lowest BCUT2D eigenvalue weighted by Crippen LogP contribution is -2.32. The van der Waals surface area contributed by atoms with E-state index in [1.54, 1.807) is 44.2 Å². The van der Waals surface area contributed by atoms with Crippen molar-refractivity contribution in [2.24, 2.45) is 0 Å². The third kappa shape index (κ3) is 3.19. The molecule has 0 bridgehead atoms. The van der Waals surface area contributed by atoms with E-state index in [2.05, 4.69) is 9.97 Å². The van der Waals surface area contributed by atoms with Crippen molar-refractivity contribution < 1.29 is 13.2 Å². The summed E-state index contributed by atoms with van der Waals surface area (Å²) in [6, 6.07) is 8.34. The summed E-state index contributed by atoms with van der Waals surface area (Å²) in [4.78, 5) is 8.58. The van der Waals surface area contributed by atoms with Crippen molar-refractivity contribution in [3.05, 3.63) is 41.6 Å². The van der Waals surface area contributed by atoms with Crippen molar-refractivity contribution in [3.8, 4) is 5.88 Å². The van der Waals surface area contributed by atoms with Crippen LogP contribution < -0.4 is 9.04 Å². The summed E-state index contributed by atoms with van der Waals surface area (Å²) in [7, 11) is -2.23. The lowest BCUT2D eigenvalue weighted by atomic mass is 10.2. The largest absolute Gasteiger partial charge is 0.481 e. The molecule has 1 heterocycles. The summed E-state index contributed by atoms with van der Waals surface area (Å²) in [6.45, 7) is 5.63. The van der Waals surface area contributed by atoms with E-state index in [9.17, 15) is 8.42 Å². The molecule has 0 saturated carbocycles. The summed E-state index contributed by atoms with van der Waals surface area (Å²) in [5.74, 6) is 0.444. The van der Waals surface area contributed by atoms with E-state index in [1.807, 2.05) is 6.92 Å². The Morgan fingerprint density at radius 1 is 1.14 bits per heavy atom. The van der Waals surface area contributed by atoms with Gasteiger partial charge in [0.2, 0.25) is 11.8 Å². The van der Waals surface area contributed by atoms with E-state index in [-0.39, 0.29) is 17.4 Å². The number of aryl methyl sites for hydroxylation is 2. The Morgan fingerprint density at radius 3 is 2.32 bits per heavy atom. The average molecular weight is 321 g/mol. The summed E-state index contributed by atoms with van der Waals surface area (Å²) in [5.41, 5.74) is 1.63. The van der Waals surface area contributed by atoms with E-state index in [4.69, 9.17) is 4.74 Å². The van der Waals surface area contributed by atoms with Gasteiger partial charge in [-0.2, -0.15) is 4.98 Å². The van der Waals surface area contributed by atoms with Crippen LogP contribution in [0.1, 0.15) is 18.2 Å². The standard InChI is InChI=1S/C15H19N3O3S/c1-5-18(15-16-12(3)10-14(17-15)21-4)22(19,20)13-8-6-11(2)7-9-13/h6-10H,5H2,1-4H3. The number of rotatable bonds is 5. The highest BCUT2D eigenvalue weighted by Gasteiger charge is 2.26. The Hall–Kier alpha value is -2.15. The third-order valence-corrected chi connectivity index (χ3v) is 5.02. The molecule has 6 nitrogen and oxygen atoms in total. The molecule has 0 amide bonds. The first-order valence-corrected chi connectivity index (χ1v) is 8.31. The quantitative estimate of drug-likeness (QED) is 0.845. The molecule has 2 aromatic rings. The summed E-state index contributed by atoms with van der Waals surface area (Å²) in [6.07, 6.45) is 0. The average Bonchev–Trinajstić information content (AvgIpc) is 2.47. The summed E-state index contributed by atoms with van der Waals surface area (Å²) in [5, 5.41) is 0. The molecule has 2 rings (SSSR count). The molecule has 0 radical (unpaired) electrons. The smallest absolute Gasteiger partial charge is 0.266 e. The first-order valence-electron chi connectivity index (χ1n) is 6.87. The van der Waals surface area contributed by atoms with Gasteiger partial charge >= 0.3 is 0 Å². The number of ether oxygens (including phenoxy) is 1. The molecule has 1 aromatic heterocycles. The van der Waals surface area contributed by atoms with Gasteiger partial charge in [-0.05, 0) is 32.9 Å². The van der Waals surface area contributed by atoms with Crippen molar-refractivity contribution >= 4 is 16.0 Å². The van der Waals surface area contributed by atoms with Crippen LogP contribution in [0.2, 0.25) is 0 Å². The van der Waals surface area contributed by atoms with Crippen LogP contribution in [0.4, 0.5) is 5.95 Å². The molecule has 7 heteroatoms. The first kappa shape index (κ1) is 16.2. The molecular weight excluding hydrogens is 302 g/mol. The molecule has 0 aliphatic rings. The van der Waals surface area contributed by atoms with Gasteiger partial charge in [0, 0.05) is 18.3 Å². The number of nitrogens with zero attached hydrogens (tertiary/aromatic N) is 3. The monoisotopic (exact) mass is 321 g/mol. The van der Waals surface area contributed by atoms with E-state index in [0.29, 0.717) is 11.6 Å². The highest BCUT2D eigenvalue weighted by molar-refractivity contribution is 7.92. The second-order valence-electron chi connectivity index (χ2n) is 4.83. The summed E-state index contributed by atoms with van der Waals surface area (Å²) >= 11 is 0. The van der Waals surface area contributed by atoms with Crippen molar-refractivity contribution in [1.82, 2.24) is 9.97 Å². The van der Waals surface area contributed by atoms with Crippen LogP contribution in [0.25, 0.3) is 0 Å². The normalized spacial score (nSPS) is 11.3. The van der Waals surface area contributed by atoms with Gasteiger partial charge in [0.25, 0.3) is 10.0 Å². The molecule has 0 atom stereocenters. The van der Waals surface area contributed by atoms with Gasteiger partial charge in [0.05, 0.1) is 12.0 Å². The topological polar surface area (TPSA) is 72.4 Å². The number of hydrogen-bond acceptors (Lipinski definition) is 5. The van der Waals surface area contributed by atoms with Gasteiger partial charge in [0.1, 0.15) is 0 Å². The van der Waals surface area contributed by atoms with Crippen LogP contribution in [-0.2, 0) is 10.0 Å².